The second kappa shape index (κ2) is 4.70. The largest absolute Gasteiger partial charge is 0.490 e. The zero-order valence-electron chi connectivity index (χ0n) is 7.26. The van der Waals surface area contributed by atoms with Crippen molar-refractivity contribution in [3.05, 3.63) is 28.2 Å². The van der Waals surface area contributed by atoms with Crippen molar-refractivity contribution in [2.75, 3.05) is 6.61 Å². The maximum absolute atomic E-state index is 5.86. The third kappa shape index (κ3) is 3.43. The SMILES string of the molecule is CC(N)COc1ccc(Cl)cc1Cl. The highest BCUT2D eigenvalue weighted by Crippen LogP contribution is 2.27. The van der Waals surface area contributed by atoms with Gasteiger partial charge in [0.05, 0.1) is 5.02 Å². The molecule has 0 aliphatic rings. The Morgan fingerprint density at radius 1 is 1.46 bits per heavy atom. The van der Waals surface area contributed by atoms with Crippen molar-refractivity contribution < 1.29 is 4.74 Å². The first-order chi connectivity index (χ1) is 6.09. The lowest BCUT2D eigenvalue weighted by Gasteiger charge is -2.09. The standard InChI is InChI=1S/C9H11Cl2NO/c1-6(12)5-13-9-3-2-7(10)4-8(9)11/h2-4,6H,5,12H2,1H3. The third-order valence-corrected chi connectivity index (χ3v) is 1.93. The van der Waals surface area contributed by atoms with Crippen LogP contribution in [0.1, 0.15) is 6.92 Å². The van der Waals surface area contributed by atoms with E-state index in [1.54, 1.807) is 18.2 Å². The fourth-order valence-electron chi connectivity index (χ4n) is 0.813. The van der Waals surface area contributed by atoms with E-state index in [0.29, 0.717) is 22.4 Å². The van der Waals surface area contributed by atoms with E-state index in [2.05, 4.69) is 0 Å². The molecular formula is C9H11Cl2NO. The molecule has 1 atom stereocenters. The second-order valence-electron chi connectivity index (χ2n) is 2.86. The normalized spacial score (nSPS) is 12.6. The smallest absolute Gasteiger partial charge is 0.138 e. The van der Waals surface area contributed by atoms with Crippen LogP contribution >= 0.6 is 23.2 Å². The summed E-state index contributed by atoms with van der Waals surface area (Å²) < 4.78 is 5.34. The monoisotopic (exact) mass is 219 g/mol. The molecule has 0 heterocycles. The van der Waals surface area contributed by atoms with Crippen LogP contribution in [0.4, 0.5) is 0 Å². The molecule has 1 unspecified atom stereocenters. The Balaban J connectivity index is 2.67. The van der Waals surface area contributed by atoms with Crippen molar-refractivity contribution in [2.45, 2.75) is 13.0 Å². The van der Waals surface area contributed by atoms with Gasteiger partial charge in [-0.05, 0) is 25.1 Å². The molecule has 1 aromatic rings. The van der Waals surface area contributed by atoms with E-state index in [9.17, 15) is 0 Å². The second-order valence-corrected chi connectivity index (χ2v) is 3.71. The van der Waals surface area contributed by atoms with E-state index in [1.165, 1.54) is 0 Å². The minimum Gasteiger partial charge on any atom is -0.490 e. The molecule has 0 saturated carbocycles. The van der Waals surface area contributed by atoms with Gasteiger partial charge in [-0.25, -0.2) is 0 Å². The molecule has 0 bridgehead atoms. The van der Waals surface area contributed by atoms with Gasteiger partial charge in [0, 0.05) is 11.1 Å². The van der Waals surface area contributed by atoms with Gasteiger partial charge in [-0.1, -0.05) is 23.2 Å². The predicted molar refractivity (Wildman–Crippen MR) is 55.6 cm³/mol. The fraction of sp³-hybridized carbons (Fsp3) is 0.333. The quantitative estimate of drug-likeness (QED) is 0.849. The molecule has 0 fully saturated rings. The summed E-state index contributed by atoms with van der Waals surface area (Å²) in [6.45, 7) is 2.31. The van der Waals surface area contributed by atoms with E-state index in [0.717, 1.165) is 0 Å². The molecule has 0 amide bonds. The Morgan fingerprint density at radius 3 is 2.69 bits per heavy atom. The van der Waals surface area contributed by atoms with Crippen LogP contribution < -0.4 is 10.5 Å². The molecule has 0 radical (unpaired) electrons. The van der Waals surface area contributed by atoms with Crippen LogP contribution in [-0.2, 0) is 0 Å². The van der Waals surface area contributed by atoms with Crippen molar-refractivity contribution in [1.29, 1.82) is 0 Å². The number of nitrogens with two attached hydrogens (primary N) is 1. The molecule has 4 heteroatoms. The summed E-state index contributed by atoms with van der Waals surface area (Å²) in [5.74, 6) is 0.614. The van der Waals surface area contributed by atoms with E-state index in [-0.39, 0.29) is 6.04 Å². The van der Waals surface area contributed by atoms with Crippen molar-refractivity contribution in [2.24, 2.45) is 5.73 Å². The van der Waals surface area contributed by atoms with Crippen molar-refractivity contribution in [3.8, 4) is 5.75 Å². The van der Waals surface area contributed by atoms with Gasteiger partial charge in [-0.3, -0.25) is 0 Å². The predicted octanol–water partition coefficient (Wildman–Crippen LogP) is 2.72. The minimum atomic E-state index is -0.00764. The molecule has 0 aliphatic carbocycles. The van der Waals surface area contributed by atoms with E-state index < -0.39 is 0 Å². The molecule has 13 heavy (non-hydrogen) atoms. The van der Waals surface area contributed by atoms with Crippen LogP contribution in [-0.4, -0.2) is 12.6 Å². The molecule has 0 saturated heterocycles. The number of halogens is 2. The highest BCUT2D eigenvalue weighted by atomic mass is 35.5. The van der Waals surface area contributed by atoms with E-state index >= 15 is 0 Å². The zero-order valence-corrected chi connectivity index (χ0v) is 8.77. The van der Waals surface area contributed by atoms with Gasteiger partial charge in [0.1, 0.15) is 12.4 Å². The van der Waals surface area contributed by atoms with Gasteiger partial charge in [0.25, 0.3) is 0 Å². The summed E-state index contributed by atoms with van der Waals surface area (Å²) in [4.78, 5) is 0. The Hall–Kier alpha value is -0.440. The summed E-state index contributed by atoms with van der Waals surface area (Å²) in [5, 5.41) is 1.10. The summed E-state index contributed by atoms with van der Waals surface area (Å²) in [6.07, 6.45) is 0. The van der Waals surface area contributed by atoms with Crippen molar-refractivity contribution in [3.63, 3.8) is 0 Å². The Bertz CT molecular complexity index is 289. The van der Waals surface area contributed by atoms with Crippen LogP contribution in [0.15, 0.2) is 18.2 Å². The summed E-state index contributed by atoms with van der Waals surface area (Å²) in [6, 6.07) is 5.09. The molecule has 0 aliphatic heterocycles. The number of ether oxygens (including phenoxy) is 1. The van der Waals surface area contributed by atoms with Crippen LogP contribution in [0.2, 0.25) is 10.0 Å². The molecular weight excluding hydrogens is 209 g/mol. The van der Waals surface area contributed by atoms with Crippen LogP contribution in [0, 0.1) is 0 Å². The average molecular weight is 220 g/mol. The number of benzene rings is 1. The number of rotatable bonds is 3. The molecule has 0 spiro atoms. The maximum Gasteiger partial charge on any atom is 0.138 e. The fourth-order valence-corrected chi connectivity index (χ4v) is 1.28. The highest BCUT2D eigenvalue weighted by molar-refractivity contribution is 6.35. The molecule has 2 nitrogen and oxygen atoms in total. The highest BCUT2D eigenvalue weighted by Gasteiger charge is 2.02. The van der Waals surface area contributed by atoms with Gasteiger partial charge < -0.3 is 10.5 Å². The lowest BCUT2D eigenvalue weighted by atomic mass is 10.3. The number of hydrogen-bond donors (Lipinski definition) is 1. The van der Waals surface area contributed by atoms with Gasteiger partial charge in [-0.2, -0.15) is 0 Å². The van der Waals surface area contributed by atoms with Crippen LogP contribution in [0.5, 0.6) is 5.75 Å². The van der Waals surface area contributed by atoms with E-state index in [1.807, 2.05) is 6.92 Å². The minimum absolute atomic E-state index is 0.00764. The van der Waals surface area contributed by atoms with E-state index in [4.69, 9.17) is 33.7 Å². The molecule has 1 aromatic carbocycles. The van der Waals surface area contributed by atoms with Crippen LogP contribution in [0.3, 0.4) is 0 Å². The lowest BCUT2D eigenvalue weighted by Crippen LogP contribution is -2.23. The Morgan fingerprint density at radius 2 is 2.15 bits per heavy atom. The first kappa shape index (κ1) is 10.6. The van der Waals surface area contributed by atoms with Crippen molar-refractivity contribution >= 4 is 23.2 Å². The average Bonchev–Trinajstić information content (AvgIpc) is 2.02. The topological polar surface area (TPSA) is 35.2 Å². The summed E-state index contributed by atoms with van der Waals surface area (Å²) >= 11 is 11.6. The zero-order chi connectivity index (χ0) is 9.84. The number of hydrogen-bond acceptors (Lipinski definition) is 2. The first-order valence-corrected chi connectivity index (χ1v) is 4.68. The molecule has 0 aromatic heterocycles. The maximum atomic E-state index is 5.86. The third-order valence-electron chi connectivity index (χ3n) is 1.40. The van der Waals surface area contributed by atoms with Gasteiger partial charge in [0.2, 0.25) is 0 Å². The lowest BCUT2D eigenvalue weighted by molar-refractivity contribution is 0.296. The summed E-state index contributed by atoms with van der Waals surface area (Å²) in [7, 11) is 0. The van der Waals surface area contributed by atoms with Crippen LogP contribution in [0.25, 0.3) is 0 Å². The first-order valence-electron chi connectivity index (χ1n) is 3.93. The molecule has 72 valence electrons. The Kier molecular flexibility index (Phi) is 3.85. The van der Waals surface area contributed by atoms with Crippen molar-refractivity contribution in [1.82, 2.24) is 0 Å². The van der Waals surface area contributed by atoms with Gasteiger partial charge >= 0.3 is 0 Å². The van der Waals surface area contributed by atoms with Gasteiger partial charge in [-0.15, -0.1) is 0 Å². The molecule has 2 N–H and O–H groups in total. The summed E-state index contributed by atoms with van der Waals surface area (Å²) in [5.41, 5.74) is 5.53. The molecule has 1 rings (SSSR count). The Labute approximate surface area is 87.6 Å². The van der Waals surface area contributed by atoms with Gasteiger partial charge in [0.15, 0.2) is 0 Å².